The molecule has 1 aromatic rings. The third-order valence-corrected chi connectivity index (χ3v) is 4.20. The Balaban J connectivity index is 2.05. The zero-order chi connectivity index (χ0) is 16.3. The third kappa shape index (κ3) is 3.40. The fourth-order valence-corrected chi connectivity index (χ4v) is 2.99. The Labute approximate surface area is 130 Å². The van der Waals surface area contributed by atoms with Gasteiger partial charge in [0, 0.05) is 12.1 Å². The third-order valence-electron chi connectivity index (χ3n) is 4.20. The van der Waals surface area contributed by atoms with E-state index in [4.69, 9.17) is 4.74 Å². The molecule has 1 N–H and O–H groups in total. The number of para-hydroxylation sites is 1. The van der Waals surface area contributed by atoms with Gasteiger partial charge in [-0.2, -0.15) is 0 Å². The van der Waals surface area contributed by atoms with Gasteiger partial charge in [-0.1, -0.05) is 12.1 Å². The molecule has 1 heterocycles. The van der Waals surface area contributed by atoms with Crippen LogP contribution in [-0.4, -0.2) is 40.1 Å². The van der Waals surface area contributed by atoms with Crippen LogP contribution in [0.3, 0.4) is 0 Å². The molecule has 0 spiro atoms. The smallest absolute Gasteiger partial charge is 0.342 e. The van der Waals surface area contributed by atoms with Crippen LogP contribution in [0.1, 0.15) is 50.4 Å². The summed E-state index contributed by atoms with van der Waals surface area (Å²) in [5, 5.41) is 9.67. The van der Waals surface area contributed by atoms with E-state index in [1.807, 2.05) is 18.7 Å². The number of aromatic hydroxyl groups is 1. The molecular formula is C17H23NO4. The number of carbonyl (C=O) groups excluding carboxylic acids is 2. The predicted octanol–water partition coefficient (Wildman–Crippen LogP) is 2.73. The Morgan fingerprint density at radius 1 is 1.23 bits per heavy atom. The van der Waals surface area contributed by atoms with Gasteiger partial charge in [-0.25, -0.2) is 4.79 Å². The van der Waals surface area contributed by atoms with Gasteiger partial charge in [0.05, 0.1) is 0 Å². The Morgan fingerprint density at radius 3 is 2.41 bits per heavy atom. The highest BCUT2D eigenvalue weighted by Gasteiger charge is 2.33. The predicted molar refractivity (Wildman–Crippen MR) is 82.6 cm³/mol. The summed E-state index contributed by atoms with van der Waals surface area (Å²) in [6.45, 7) is 5.62. The molecule has 5 nitrogen and oxygen atoms in total. The maximum absolute atomic E-state index is 12.6. The van der Waals surface area contributed by atoms with Gasteiger partial charge in [0.1, 0.15) is 11.3 Å². The van der Waals surface area contributed by atoms with Crippen LogP contribution >= 0.6 is 0 Å². The number of rotatable bonds is 3. The summed E-state index contributed by atoms with van der Waals surface area (Å²) in [7, 11) is 0. The van der Waals surface area contributed by atoms with Gasteiger partial charge in [0.25, 0.3) is 5.91 Å². The van der Waals surface area contributed by atoms with Crippen LogP contribution in [0, 0.1) is 0 Å². The number of likely N-dealkylation sites (tertiary alicyclic amines) is 1. The molecule has 1 amide bonds. The molecule has 1 aliphatic rings. The number of amides is 1. The van der Waals surface area contributed by atoms with Crippen LogP contribution in [0.25, 0.3) is 0 Å². The number of phenolic OH excluding ortho intramolecular Hbond substituents is 1. The Morgan fingerprint density at radius 2 is 1.82 bits per heavy atom. The van der Waals surface area contributed by atoms with Gasteiger partial charge >= 0.3 is 5.97 Å². The number of phenols is 1. The van der Waals surface area contributed by atoms with E-state index in [1.54, 1.807) is 19.1 Å². The van der Waals surface area contributed by atoms with Gasteiger partial charge in [-0.05, 0) is 52.2 Å². The summed E-state index contributed by atoms with van der Waals surface area (Å²) in [6.07, 6.45) is 2.18. The summed E-state index contributed by atoms with van der Waals surface area (Å²) in [6, 6.07) is 6.46. The molecule has 0 radical (unpaired) electrons. The first-order valence-electron chi connectivity index (χ1n) is 7.73. The molecule has 2 rings (SSSR count). The standard InChI is InChI=1S/C17H23NO4/c1-11-7-6-8-12(2)18(11)16(20)13(3)22-17(21)14-9-4-5-10-15(14)19/h4-5,9-13,19H,6-8H2,1-3H3/t11-,12+,13-/m1/s1. The molecule has 22 heavy (non-hydrogen) atoms. The number of esters is 1. The number of nitrogens with zero attached hydrogens (tertiary/aromatic N) is 1. The first kappa shape index (κ1) is 16.3. The molecule has 0 bridgehead atoms. The van der Waals surface area contributed by atoms with Crippen molar-refractivity contribution in [2.45, 2.75) is 58.2 Å². The second-order valence-corrected chi connectivity index (χ2v) is 5.94. The minimum absolute atomic E-state index is 0.0712. The number of ether oxygens (including phenoxy) is 1. The summed E-state index contributed by atoms with van der Waals surface area (Å²) in [4.78, 5) is 26.4. The fourth-order valence-electron chi connectivity index (χ4n) is 2.99. The molecule has 1 saturated heterocycles. The number of hydrogen-bond acceptors (Lipinski definition) is 4. The number of hydrogen-bond donors (Lipinski definition) is 1. The summed E-state index contributed by atoms with van der Waals surface area (Å²) in [5.74, 6) is -1.01. The van der Waals surface area contributed by atoms with Crippen molar-refractivity contribution in [3.63, 3.8) is 0 Å². The molecule has 0 aliphatic carbocycles. The first-order chi connectivity index (χ1) is 10.4. The molecule has 3 atom stereocenters. The lowest BCUT2D eigenvalue weighted by atomic mass is 9.97. The maximum atomic E-state index is 12.6. The van der Waals surface area contributed by atoms with E-state index in [0.717, 1.165) is 19.3 Å². The Hall–Kier alpha value is -2.04. The summed E-state index contributed by atoms with van der Waals surface area (Å²) >= 11 is 0. The lowest BCUT2D eigenvalue weighted by Crippen LogP contribution is -2.51. The molecule has 0 saturated carbocycles. The van der Waals surface area contributed by atoms with E-state index < -0.39 is 12.1 Å². The van der Waals surface area contributed by atoms with E-state index in [2.05, 4.69) is 0 Å². The average molecular weight is 305 g/mol. The Kier molecular flexibility index (Phi) is 5.06. The van der Waals surface area contributed by atoms with Crippen molar-refractivity contribution in [1.29, 1.82) is 0 Å². The molecule has 0 unspecified atom stereocenters. The van der Waals surface area contributed by atoms with Crippen molar-refractivity contribution >= 4 is 11.9 Å². The Bertz CT molecular complexity index is 547. The summed E-state index contributed by atoms with van der Waals surface area (Å²) in [5.41, 5.74) is 0.0712. The molecule has 1 fully saturated rings. The SMILES string of the molecule is C[C@@H]1CCC[C@H](C)N1C(=O)[C@@H](C)OC(=O)c1ccccc1O. The van der Waals surface area contributed by atoms with Gasteiger partial charge in [0.2, 0.25) is 0 Å². The molecule has 0 aromatic heterocycles. The van der Waals surface area contributed by atoms with Gasteiger partial charge in [-0.3, -0.25) is 4.79 Å². The molecule has 5 heteroatoms. The van der Waals surface area contributed by atoms with E-state index in [9.17, 15) is 14.7 Å². The lowest BCUT2D eigenvalue weighted by molar-refractivity contribution is -0.146. The topological polar surface area (TPSA) is 66.8 Å². The highest BCUT2D eigenvalue weighted by molar-refractivity contribution is 5.94. The molecule has 1 aromatic carbocycles. The van der Waals surface area contributed by atoms with Crippen molar-refractivity contribution in [3.05, 3.63) is 29.8 Å². The highest BCUT2D eigenvalue weighted by atomic mass is 16.5. The van der Waals surface area contributed by atoms with Gasteiger partial charge in [-0.15, -0.1) is 0 Å². The highest BCUT2D eigenvalue weighted by Crippen LogP contribution is 2.24. The number of piperidine rings is 1. The van der Waals surface area contributed by atoms with E-state index in [1.165, 1.54) is 12.1 Å². The van der Waals surface area contributed by atoms with Crippen LogP contribution in [0.15, 0.2) is 24.3 Å². The van der Waals surface area contributed by atoms with Crippen LogP contribution in [0.4, 0.5) is 0 Å². The van der Waals surface area contributed by atoms with Crippen molar-refractivity contribution in [2.24, 2.45) is 0 Å². The fraction of sp³-hybridized carbons (Fsp3) is 0.529. The van der Waals surface area contributed by atoms with Crippen molar-refractivity contribution in [2.75, 3.05) is 0 Å². The monoisotopic (exact) mass is 305 g/mol. The number of benzene rings is 1. The molecule has 1 aliphatic heterocycles. The van der Waals surface area contributed by atoms with Gasteiger partial charge < -0.3 is 14.7 Å². The van der Waals surface area contributed by atoms with E-state index in [0.29, 0.717) is 0 Å². The number of carbonyl (C=O) groups is 2. The van der Waals surface area contributed by atoms with Crippen LogP contribution in [0.5, 0.6) is 5.75 Å². The normalized spacial score (nSPS) is 23.0. The van der Waals surface area contributed by atoms with Crippen LogP contribution < -0.4 is 0 Å². The second-order valence-electron chi connectivity index (χ2n) is 5.94. The van der Waals surface area contributed by atoms with Crippen molar-refractivity contribution in [3.8, 4) is 5.75 Å². The minimum atomic E-state index is -0.866. The van der Waals surface area contributed by atoms with E-state index in [-0.39, 0.29) is 29.3 Å². The first-order valence-corrected chi connectivity index (χ1v) is 7.73. The molecular weight excluding hydrogens is 282 g/mol. The quantitative estimate of drug-likeness (QED) is 0.872. The zero-order valence-electron chi connectivity index (χ0n) is 13.3. The van der Waals surface area contributed by atoms with Crippen LogP contribution in [-0.2, 0) is 9.53 Å². The van der Waals surface area contributed by atoms with Gasteiger partial charge in [0.15, 0.2) is 6.10 Å². The maximum Gasteiger partial charge on any atom is 0.342 e. The minimum Gasteiger partial charge on any atom is -0.507 e. The summed E-state index contributed by atoms with van der Waals surface area (Å²) < 4.78 is 5.24. The average Bonchev–Trinajstić information content (AvgIpc) is 2.47. The largest absolute Gasteiger partial charge is 0.507 e. The van der Waals surface area contributed by atoms with Crippen LogP contribution in [0.2, 0.25) is 0 Å². The second kappa shape index (κ2) is 6.81. The molecule has 120 valence electrons. The van der Waals surface area contributed by atoms with Crippen molar-refractivity contribution in [1.82, 2.24) is 4.90 Å². The lowest BCUT2D eigenvalue weighted by Gasteiger charge is -2.40. The van der Waals surface area contributed by atoms with E-state index >= 15 is 0 Å². The zero-order valence-corrected chi connectivity index (χ0v) is 13.3. The van der Waals surface area contributed by atoms with Crippen molar-refractivity contribution < 1.29 is 19.4 Å².